The fourth-order valence-corrected chi connectivity index (χ4v) is 2.42. The van der Waals surface area contributed by atoms with E-state index in [2.05, 4.69) is 40.1 Å². The first kappa shape index (κ1) is 19.1. The maximum atomic E-state index is 12.4. The van der Waals surface area contributed by atoms with Crippen LogP contribution in [0.15, 0.2) is 39.7 Å². The summed E-state index contributed by atoms with van der Waals surface area (Å²) < 4.78 is 11.7. The minimum atomic E-state index is -0.407. The molecule has 25 heavy (non-hydrogen) atoms. The van der Waals surface area contributed by atoms with Crippen molar-refractivity contribution >= 4 is 27.5 Å². The minimum absolute atomic E-state index is 0.163. The molecule has 2 N–H and O–H groups in total. The summed E-state index contributed by atoms with van der Waals surface area (Å²) in [6.45, 7) is 4.82. The number of carbonyl (C=O) groups excluding carboxylic acids is 1. The van der Waals surface area contributed by atoms with Crippen molar-refractivity contribution < 1.29 is 14.3 Å². The molecule has 0 spiro atoms. The molecule has 1 heterocycles. The van der Waals surface area contributed by atoms with Crippen LogP contribution in [0.1, 0.15) is 30.6 Å². The fourth-order valence-electron chi connectivity index (χ4n) is 2.08. The van der Waals surface area contributed by atoms with E-state index in [4.69, 9.17) is 9.47 Å². The van der Waals surface area contributed by atoms with Crippen LogP contribution in [0.4, 0.5) is 5.69 Å². The highest BCUT2D eigenvalue weighted by atomic mass is 79.9. The van der Waals surface area contributed by atoms with E-state index in [0.717, 1.165) is 6.42 Å². The second-order valence-corrected chi connectivity index (χ2v) is 6.83. The van der Waals surface area contributed by atoms with Crippen molar-refractivity contribution in [2.45, 2.75) is 20.3 Å². The number of amides is 1. The van der Waals surface area contributed by atoms with Gasteiger partial charge in [0.1, 0.15) is 5.69 Å². The van der Waals surface area contributed by atoms with Crippen LogP contribution in [0.25, 0.3) is 0 Å². The Balaban J connectivity index is 2.14. The number of H-pyrrole nitrogens is 1. The summed E-state index contributed by atoms with van der Waals surface area (Å²) >= 11 is 3.25. The summed E-state index contributed by atoms with van der Waals surface area (Å²) in [6, 6.07) is 6.46. The topological polar surface area (TPSA) is 80.4 Å². The Morgan fingerprint density at radius 2 is 2.04 bits per heavy atom. The number of hydrogen-bond acceptors (Lipinski definition) is 4. The number of benzene rings is 1. The molecule has 0 atom stereocenters. The van der Waals surface area contributed by atoms with Crippen molar-refractivity contribution in [2.75, 3.05) is 19.0 Å². The quantitative estimate of drug-likeness (QED) is 0.729. The number of hydrogen-bond donors (Lipinski definition) is 2. The molecule has 134 valence electrons. The molecule has 2 aromatic rings. The Labute approximate surface area is 154 Å². The van der Waals surface area contributed by atoms with E-state index < -0.39 is 5.91 Å². The van der Waals surface area contributed by atoms with Gasteiger partial charge in [-0.05, 0) is 52.5 Å². The highest BCUT2D eigenvalue weighted by molar-refractivity contribution is 9.10. The number of pyridine rings is 1. The zero-order valence-electron chi connectivity index (χ0n) is 14.4. The second-order valence-electron chi connectivity index (χ2n) is 5.91. The number of ether oxygens (including phenoxy) is 2. The van der Waals surface area contributed by atoms with Gasteiger partial charge in [-0.2, -0.15) is 0 Å². The van der Waals surface area contributed by atoms with Gasteiger partial charge in [-0.25, -0.2) is 0 Å². The van der Waals surface area contributed by atoms with Gasteiger partial charge in [0.15, 0.2) is 11.5 Å². The van der Waals surface area contributed by atoms with E-state index in [1.54, 1.807) is 18.2 Å². The van der Waals surface area contributed by atoms with Gasteiger partial charge in [-0.1, -0.05) is 13.8 Å². The van der Waals surface area contributed by atoms with Crippen molar-refractivity contribution in [2.24, 2.45) is 5.92 Å². The van der Waals surface area contributed by atoms with Crippen LogP contribution in [0, 0.1) is 5.92 Å². The molecule has 1 aromatic heterocycles. The van der Waals surface area contributed by atoms with Gasteiger partial charge in [0.25, 0.3) is 11.5 Å². The Kier molecular flexibility index (Phi) is 6.64. The van der Waals surface area contributed by atoms with Crippen molar-refractivity contribution in [3.8, 4) is 11.5 Å². The largest absolute Gasteiger partial charge is 0.493 e. The fraction of sp³-hybridized carbons (Fsp3) is 0.333. The van der Waals surface area contributed by atoms with Crippen molar-refractivity contribution in [3.63, 3.8) is 0 Å². The van der Waals surface area contributed by atoms with Crippen LogP contribution in [0.2, 0.25) is 0 Å². The molecule has 0 saturated carbocycles. The van der Waals surface area contributed by atoms with Gasteiger partial charge in [0.05, 0.1) is 13.7 Å². The Morgan fingerprint density at radius 1 is 1.28 bits per heavy atom. The highest BCUT2D eigenvalue weighted by Crippen LogP contribution is 2.28. The average molecular weight is 409 g/mol. The van der Waals surface area contributed by atoms with Crippen molar-refractivity contribution in [3.05, 3.63) is 50.9 Å². The van der Waals surface area contributed by atoms with Gasteiger partial charge < -0.3 is 19.8 Å². The molecule has 0 aliphatic heterocycles. The zero-order chi connectivity index (χ0) is 18.4. The highest BCUT2D eigenvalue weighted by Gasteiger charge is 2.13. The normalized spacial score (nSPS) is 10.6. The standard InChI is InChI=1S/C18H21BrN2O4/c1-11(2)6-7-25-15-5-4-12(8-16(15)24-3)17(22)21-14-9-13(19)10-20-18(14)23/h4-5,8-11H,6-7H2,1-3H3,(H,20,23)(H,21,22). The smallest absolute Gasteiger partial charge is 0.271 e. The molecule has 0 bridgehead atoms. The number of carbonyl (C=O) groups is 1. The average Bonchev–Trinajstić information content (AvgIpc) is 2.58. The van der Waals surface area contributed by atoms with Gasteiger partial charge in [-0.3, -0.25) is 9.59 Å². The predicted octanol–water partition coefficient (Wildman–Crippen LogP) is 3.82. The lowest BCUT2D eigenvalue weighted by molar-refractivity contribution is 0.102. The molecular formula is C18H21BrN2O4. The SMILES string of the molecule is COc1cc(C(=O)Nc2cc(Br)c[nH]c2=O)ccc1OCCC(C)C. The molecule has 0 radical (unpaired) electrons. The first-order valence-electron chi connectivity index (χ1n) is 7.91. The van der Waals surface area contributed by atoms with Gasteiger partial charge in [0.2, 0.25) is 0 Å². The van der Waals surface area contributed by atoms with Crippen LogP contribution >= 0.6 is 15.9 Å². The number of aromatic nitrogens is 1. The molecule has 1 aromatic carbocycles. The summed E-state index contributed by atoms with van der Waals surface area (Å²) in [7, 11) is 1.52. The summed E-state index contributed by atoms with van der Waals surface area (Å²) in [5.74, 6) is 1.19. The lowest BCUT2D eigenvalue weighted by Crippen LogP contribution is -2.19. The van der Waals surface area contributed by atoms with E-state index in [1.165, 1.54) is 19.4 Å². The Hall–Kier alpha value is -2.28. The zero-order valence-corrected chi connectivity index (χ0v) is 16.0. The molecule has 0 aliphatic rings. The Bertz CT molecular complexity index is 802. The van der Waals surface area contributed by atoms with E-state index in [-0.39, 0.29) is 11.2 Å². The van der Waals surface area contributed by atoms with Gasteiger partial charge in [0, 0.05) is 16.2 Å². The van der Waals surface area contributed by atoms with E-state index in [1.807, 2.05) is 0 Å². The molecule has 0 aliphatic carbocycles. The third kappa shape index (κ3) is 5.35. The maximum Gasteiger partial charge on any atom is 0.271 e. The number of anilines is 1. The predicted molar refractivity (Wildman–Crippen MR) is 101 cm³/mol. The number of aromatic amines is 1. The van der Waals surface area contributed by atoms with Crippen molar-refractivity contribution in [1.82, 2.24) is 4.98 Å². The van der Waals surface area contributed by atoms with Crippen LogP contribution in [0.5, 0.6) is 11.5 Å². The second kappa shape index (κ2) is 8.71. The lowest BCUT2D eigenvalue weighted by atomic mass is 10.1. The van der Waals surface area contributed by atoms with E-state index >= 15 is 0 Å². The number of rotatable bonds is 7. The first-order valence-corrected chi connectivity index (χ1v) is 8.70. The lowest BCUT2D eigenvalue weighted by Gasteiger charge is -2.13. The van der Waals surface area contributed by atoms with Crippen LogP contribution < -0.4 is 20.3 Å². The molecule has 0 unspecified atom stereocenters. The first-order chi connectivity index (χ1) is 11.9. The monoisotopic (exact) mass is 408 g/mol. The summed E-state index contributed by atoms with van der Waals surface area (Å²) in [5.41, 5.74) is 0.153. The molecule has 7 heteroatoms. The molecule has 6 nitrogen and oxygen atoms in total. The summed E-state index contributed by atoms with van der Waals surface area (Å²) in [5, 5.41) is 2.59. The molecule has 0 saturated heterocycles. The summed E-state index contributed by atoms with van der Waals surface area (Å²) in [4.78, 5) is 26.7. The molecular weight excluding hydrogens is 388 g/mol. The number of halogens is 1. The number of nitrogens with one attached hydrogen (secondary N) is 2. The van der Waals surface area contributed by atoms with Gasteiger partial charge in [-0.15, -0.1) is 0 Å². The molecule has 1 amide bonds. The van der Waals surface area contributed by atoms with Gasteiger partial charge >= 0.3 is 0 Å². The van der Waals surface area contributed by atoms with E-state index in [9.17, 15) is 9.59 Å². The Morgan fingerprint density at radius 3 is 2.72 bits per heavy atom. The van der Waals surface area contributed by atoms with Crippen LogP contribution in [-0.4, -0.2) is 24.6 Å². The van der Waals surface area contributed by atoms with E-state index in [0.29, 0.717) is 34.1 Å². The summed E-state index contributed by atoms with van der Waals surface area (Å²) in [6.07, 6.45) is 2.43. The maximum absolute atomic E-state index is 12.4. The van der Waals surface area contributed by atoms with Crippen LogP contribution in [0.3, 0.4) is 0 Å². The third-order valence-corrected chi connectivity index (χ3v) is 3.95. The molecule has 0 fully saturated rings. The number of methoxy groups -OCH3 is 1. The third-order valence-electron chi connectivity index (χ3n) is 3.49. The minimum Gasteiger partial charge on any atom is -0.493 e. The van der Waals surface area contributed by atoms with Crippen LogP contribution in [-0.2, 0) is 0 Å². The van der Waals surface area contributed by atoms with Crippen molar-refractivity contribution in [1.29, 1.82) is 0 Å². The molecule has 2 rings (SSSR count).